The second kappa shape index (κ2) is 7.21. The second-order valence-corrected chi connectivity index (χ2v) is 7.62. The zero-order valence-corrected chi connectivity index (χ0v) is 15.4. The van der Waals surface area contributed by atoms with Gasteiger partial charge < -0.3 is 25.2 Å². The van der Waals surface area contributed by atoms with E-state index in [-0.39, 0.29) is 12.5 Å². The lowest BCUT2D eigenvalue weighted by molar-refractivity contribution is -0.137. The Kier molecular flexibility index (Phi) is 4.75. The van der Waals surface area contributed by atoms with E-state index in [2.05, 4.69) is 10.6 Å². The molecule has 1 atom stereocenters. The topological polar surface area (TPSA) is 96.9 Å². The van der Waals surface area contributed by atoms with Crippen molar-refractivity contribution in [1.29, 1.82) is 0 Å². The lowest BCUT2D eigenvalue weighted by Gasteiger charge is -2.27. The number of benzene rings is 1. The van der Waals surface area contributed by atoms with E-state index in [1.54, 1.807) is 18.2 Å². The summed E-state index contributed by atoms with van der Waals surface area (Å²) in [7, 11) is 0. The SMILES string of the molecule is O=C(NC[C@](O)(c1cccs1)C1CC1)C(=O)Nc1ccc2c(c1)OCCO2. The number of fused-ring (bicyclic) bond motifs is 1. The maximum absolute atomic E-state index is 12.2. The van der Waals surface area contributed by atoms with Gasteiger partial charge in [0.2, 0.25) is 0 Å². The number of thiophene rings is 1. The highest BCUT2D eigenvalue weighted by Crippen LogP contribution is 2.46. The Labute approximate surface area is 160 Å². The standard InChI is InChI=1S/C19H20N2O5S/c22-17(20-11-19(24,12-3-4-12)16-2-1-9-27-16)18(23)21-13-5-6-14-15(10-13)26-8-7-25-14/h1-2,5-6,9-10,12,24H,3-4,7-8,11H2,(H,20,22)(H,21,23)/t19-/m1/s1. The smallest absolute Gasteiger partial charge is 0.313 e. The number of hydrogen-bond acceptors (Lipinski definition) is 6. The highest BCUT2D eigenvalue weighted by molar-refractivity contribution is 7.10. The van der Waals surface area contributed by atoms with Gasteiger partial charge in [0.25, 0.3) is 0 Å². The molecular formula is C19H20N2O5S. The molecule has 0 bridgehead atoms. The molecule has 2 aliphatic rings. The summed E-state index contributed by atoms with van der Waals surface area (Å²) < 4.78 is 10.9. The van der Waals surface area contributed by atoms with Crippen LogP contribution in [0.15, 0.2) is 35.7 Å². The minimum Gasteiger partial charge on any atom is -0.486 e. The Morgan fingerprint density at radius 1 is 1.15 bits per heavy atom. The van der Waals surface area contributed by atoms with Crippen molar-refractivity contribution in [2.24, 2.45) is 5.92 Å². The Morgan fingerprint density at radius 2 is 1.93 bits per heavy atom. The molecule has 3 N–H and O–H groups in total. The molecule has 0 saturated heterocycles. The summed E-state index contributed by atoms with van der Waals surface area (Å²) in [5, 5.41) is 18.0. The average molecular weight is 388 g/mol. The first-order chi connectivity index (χ1) is 13.1. The van der Waals surface area contributed by atoms with Gasteiger partial charge in [0.05, 0.1) is 6.54 Å². The average Bonchev–Trinajstić information content (AvgIpc) is 3.40. The first kappa shape index (κ1) is 17.8. The fourth-order valence-corrected chi connectivity index (χ4v) is 4.03. The number of ether oxygens (including phenoxy) is 2. The molecule has 1 aliphatic heterocycles. The maximum Gasteiger partial charge on any atom is 0.313 e. The van der Waals surface area contributed by atoms with Crippen LogP contribution in [0.5, 0.6) is 11.5 Å². The van der Waals surface area contributed by atoms with Gasteiger partial charge in [-0.2, -0.15) is 0 Å². The summed E-state index contributed by atoms with van der Waals surface area (Å²) in [6, 6.07) is 8.66. The Balaban J connectivity index is 1.37. The molecule has 8 heteroatoms. The summed E-state index contributed by atoms with van der Waals surface area (Å²) in [6.45, 7) is 0.925. The van der Waals surface area contributed by atoms with Crippen LogP contribution in [0.2, 0.25) is 0 Å². The van der Waals surface area contributed by atoms with Crippen molar-refractivity contribution in [3.8, 4) is 11.5 Å². The zero-order valence-electron chi connectivity index (χ0n) is 14.6. The van der Waals surface area contributed by atoms with Gasteiger partial charge in [0.1, 0.15) is 18.8 Å². The predicted octanol–water partition coefficient (Wildman–Crippen LogP) is 1.87. The van der Waals surface area contributed by atoms with Crippen LogP contribution in [0.4, 0.5) is 5.69 Å². The third-order valence-electron chi connectivity index (χ3n) is 4.73. The van der Waals surface area contributed by atoms with Crippen LogP contribution in [-0.2, 0) is 15.2 Å². The van der Waals surface area contributed by atoms with E-state index < -0.39 is 17.4 Å². The molecule has 1 aliphatic carbocycles. The van der Waals surface area contributed by atoms with E-state index in [1.807, 2.05) is 17.5 Å². The van der Waals surface area contributed by atoms with Gasteiger partial charge in [-0.25, -0.2) is 0 Å². The van der Waals surface area contributed by atoms with Gasteiger partial charge >= 0.3 is 11.8 Å². The molecule has 0 radical (unpaired) electrons. The Morgan fingerprint density at radius 3 is 2.63 bits per heavy atom. The molecule has 0 unspecified atom stereocenters. The molecule has 1 aromatic carbocycles. The molecule has 27 heavy (non-hydrogen) atoms. The summed E-state index contributed by atoms with van der Waals surface area (Å²) in [4.78, 5) is 25.2. The van der Waals surface area contributed by atoms with E-state index in [0.717, 1.165) is 17.7 Å². The number of nitrogens with one attached hydrogen (secondary N) is 2. The number of carbonyl (C=O) groups is 2. The minimum atomic E-state index is -1.12. The number of carbonyl (C=O) groups excluding carboxylic acids is 2. The molecule has 2 heterocycles. The largest absolute Gasteiger partial charge is 0.486 e. The van der Waals surface area contributed by atoms with Gasteiger partial charge in [0.15, 0.2) is 11.5 Å². The van der Waals surface area contributed by atoms with Crippen molar-refractivity contribution >= 4 is 28.8 Å². The molecule has 4 rings (SSSR count). The first-order valence-electron chi connectivity index (χ1n) is 8.81. The van der Waals surface area contributed by atoms with Crippen molar-refractivity contribution < 1.29 is 24.2 Å². The van der Waals surface area contributed by atoms with Crippen molar-refractivity contribution in [1.82, 2.24) is 5.32 Å². The Hall–Kier alpha value is -2.58. The van der Waals surface area contributed by atoms with Crippen LogP contribution in [-0.4, -0.2) is 36.7 Å². The first-order valence-corrected chi connectivity index (χ1v) is 9.69. The quantitative estimate of drug-likeness (QED) is 0.680. The fraction of sp³-hybridized carbons (Fsp3) is 0.368. The van der Waals surface area contributed by atoms with Gasteiger partial charge in [0, 0.05) is 16.6 Å². The molecule has 2 aromatic rings. The molecule has 1 saturated carbocycles. The number of aliphatic hydroxyl groups is 1. The predicted molar refractivity (Wildman–Crippen MR) is 100 cm³/mol. The minimum absolute atomic E-state index is 0.00553. The highest BCUT2D eigenvalue weighted by atomic mass is 32.1. The van der Waals surface area contributed by atoms with E-state index in [0.29, 0.717) is 30.4 Å². The Bertz CT molecular complexity index is 850. The number of amides is 2. The van der Waals surface area contributed by atoms with Gasteiger partial charge in [-0.1, -0.05) is 6.07 Å². The van der Waals surface area contributed by atoms with E-state index >= 15 is 0 Å². The summed E-state index contributed by atoms with van der Waals surface area (Å²) in [5.41, 5.74) is -0.684. The number of hydrogen-bond donors (Lipinski definition) is 3. The van der Waals surface area contributed by atoms with E-state index in [1.165, 1.54) is 11.3 Å². The number of rotatable bonds is 5. The van der Waals surface area contributed by atoms with Crippen LogP contribution in [0, 0.1) is 5.92 Å². The molecule has 7 nitrogen and oxygen atoms in total. The van der Waals surface area contributed by atoms with Crippen LogP contribution in [0.1, 0.15) is 17.7 Å². The van der Waals surface area contributed by atoms with Crippen molar-refractivity contribution in [3.05, 3.63) is 40.6 Å². The molecule has 1 aromatic heterocycles. The summed E-state index contributed by atoms with van der Waals surface area (Å²) in [6.07, 6.45) is 1.82. The lowest BCUT2D eigenvalue weighted by Crippen LogP contribution is -2.45. The van der Waals surface area contributed by atoms with Gasteiger partial charge in [-0.3, -0.25) is 9.59 Å². The van der Waals surface area contributed by atoms with E-state index in [4.69, 9.17) is 9.47 Å². The van der Waals surface area contributed by atoms with Crippen molar-refractivity contribution in [2.45, 2.75) is 18.4 Å². The third-order valence-corrected chi connectivity index (χ3v) is 5.76. The number of anilines is 1. The fourth-order valence-electron chi connectivity index (χ4n) is 3.12. The normalized spacial score (nSPS) is 17.7. The third kappa shape index (κ3) is 3.77. The van der Waals surface area contributed by atoms with Gasteiger partial charge in [-0.15, -0.1) is 11.3 Å². The van der Waals surface area contributed by atoms with Crippen LogP contribution in [0.25, 0.3) is 0 Å². The highest BCUT2D eigenvalue weighted by Gasteiger charge is 2.46. The van der Waals surface area contributed by atoms with Crippen molar-refractivity contribution in [2.75, 3.05) is 25.1 Å². The monoisotopic (exact) mass is 388 g/mol. The van der Waals surface area contributed by atoms with Crippen molar-refractivity contribution in [3.63, 3.8) is 0 Å². The molecular weight excluding hydrogens is 368 g/mol. The second-order valence-electron chi connectivity index (χ2n) is 6.67. The summed E-state index contributed by atoms with van der Waals surface area (Å²) >= 11 is 1.45. The summed E-state index contributed by atoms with van der Waals surface area (Å²) in [5.74, 6) is -0.344. The molecule has 142 valence electrons. The van der Waals surface area contributed by atoms with E-state index in [9.17, 15) is 14.7 Å². The molecule has 1 fully saturated rings. The van der Waals surface area contributed by atoms with Crippen LogP contribution < -0.4 is 20.1 Å². The molecule has 2 amide bonds. The van der Waals surface area contributed by atoms with Gasteiger partial charge in [-0.05, 0) is 42.3 Å². The molecule has 0 spiro atoms. The maximum atomic E-state index is 12.2. The van der Waals surface area contributed by atoms with Crippen LogP contribution in [0.3, 0.4) is 0 Å². The zero-order chi connectivity index (χ0) is 18.9. The van der Waals surface area contributed by atoms with Crippen LogP contribution >= 0.6 is 11.3 Å². The lowest BCUT2D eigenvalue weighted by atomic mass is 9.95.